The average Bonchev–Trinajstić information content (AvgIpc) is 2.65. The number of rotatable bonds is 17. The molecule has 1 rings (SSSR count). The summed E-state index contributed by atoms with van der Waals surface area (Å²) in [7, 11) is 0. The second-order valence-corrected chi connectivity index (χ2v) is 7.73. The Balaban J connectivity index is 1.90. The fourth-order valence-electron chi connectivity index (χ4n) is 3.42. The third-order valence-electron chi connectivity index (χ3n) is 5.18. The van der Waals surface area contributed by atoms with Crippen LogP contribution in [0.5, 0.6) is 5.75 Å². The predicted octanol–water partition coefficient (Wildman–Crippen LogP) is 7.55. The fraction of sp³-hybridized carbons (Fsp3) is 0.708. The number of unbranched alkanes of at least 4 members (excludes halogenated alkanes) is 13. The van der Waals surface area contributed by atoms with Crippen molar-refractivity contribution < 1.29 is 14.6 Å². The van der Waals surface area contributed by atoms with Gasteiger partial charge in [0.25, 0.3) is 0 Å². The van der Waals surface area contributed by atoms with E-state index in [2.05, 4.69) is 6.92 Å². The topological polar surface area (TPSA) is 46.5 Å². The molecule has 0 atom stereocenters. The lowest BCUT2D eigenvalue weighted by atomic mass is 10.0. The van der Waals surface area contributed by atoms with E-state index in [4.69, 9.17) is 9.84 Å². The third kappa shape index (κ3) is 11.7. The van der Waals surface area contributed by atoms with Crippen molar-refractivity contribution in [2.75, 3.05) is 6.61 Å². The number of carboxylic acids is 1. The molecule has 0 unspecified atom stereocenters. The zero-order valence-corrected chi connectivity index (χ0v) is 17.6. The lowest BCUT2D eigenvalue weighted by Crippen LogP contribution is -2.01. The van der Waals surface area contributed by atoms with Crippen LogP contribution in [0.1, 0.15) is 113 Å². The van der Waals surface area contributed by atoms with Crippen LogP contribution in [-0.4, -0.2) is 17.7 Å². The normalized spacial score (nSPS) is 10.9. The smallest absolute Gasteiger partial charge is 0.335 e. The number of aromatic carboxylic acids is 1. The number of aryl methyl sites for hydroxylation is 1. The second-order valence-electron chi connectivity index (χ2n) is 7.73. The SMILES string of the molecule is CCCCCCCCCCCCCCCCOc1ccc(C(=O)O)cc1C. The second kappa shape index (κ2) is 15.5. The molecule has 3 heteroatoms. The zero-order valence-electron chi connectivity index (χ0n) is 17.6. The maximum absolute atomic E-state index is 10.9. The van der Waals surface area contributed by atoms with Gasteiger partial charge in [-0.1, -0.05) is 90.4 Å². The average molecular weight is 377 g/mol. The summed E-state index contributed by atoms with van der Waals surface area (Å²) in [6, 6.07) is 5.04. The zero-order chi connectivity index (χ0) is 19.7. The molecule has 0 fully saturated rings. The predicted molar refractivity (Wildman–Crippen MR) is 114 cm³/mol. The molecule has 27 heavy (non-hydrogen) atoms. The van der Waals surface area contributed by atoms with Crippen molar-refractivity contribution in [1.29, 1.82) is 0 Å². The minimum Gasteiger partial charge on any atom is -0.493 e. The van der Waals surface area contributed by atoms with Crippen molar-refractivity contribution in [2.24, 2.45) is 0 Å². The summed E-state index contributed by atoms with van der Waals surface area (Å²) in [5, 5.41) is 8.98. The molecule has 0 saturated carbocycles. The van der Waals surface area contributed by atoms with E-state index in [1.807, 2.05) is 6.92 Å². The van der Waals surface area contributed by atoms with E-state index < -0.39 is 5.97 Å². The molecule has 0 saturated heterocycles. The Bertz CT molecular complexity index is 510. The fourth-order valence-corrected chi connectivity index (χ4v) is 3.42. The van der Waals surface area contributed by atoms with E-state index in [0.29, 0.717) is 12.2 Å². The van der Waals surface area contributed by atoms with Crippen LogP contribution >= 0.6 is 0 Å². The van der Waals surface area contributed by atoms with Gasteiger partial charge in [0.2, 0.25) is 0 Å². The summed E-state index contributed by atoms with van der Waals surface area (Å²) in [5.41, 5.74) is 1.21. The Labute approximate surface area is 166 Å². The van der Waals surface area contributed by atoms with Gasteiger partial charge in [-0.2, -0.15) is 0 Å². The maximum atomic E-state index is 10.9. The molecule has 0 spiro atoms. The number of hydrogen-bond donors (Lipinski definition) is 1. The molecule has 0 heterocycles. The van der Waals surface area contributed by atoms with Gasteiger partial charge in [0.15, 0.2) is 0 Å². The van der Waals surface area contributed by atoms with Crippen LogP contribution in [0.25, 0.3) is 0 Å². The highest BCUT2D eigenvalue weighted by molar-refractivity contribution is 5.88. The molecule has 0 aliphatic heterocycles. The van der Waals surface area contributed by atoms with E-state index in [-0.39, 0.29) is 0 Å². The number of carboxylic acid groups (broad SMARTS) is 1. The van der Waals surface area contributed by atoms with Crippen molar-refractivity contribution >= 4 is 5.97 Å². The monoisotopic (exact) mass is 376 g/mol. The minimum absolute atomic E-state index is 0.316. The van der Waals surface area contributed by atoms with Crippen molar-refractivity contribution in [3.63, 3.8) is 0 Å². The van der Waals surface area contributed by atoms with Crippen molar-refractivity contribution in [3.05, 3.63) is 29.3 Å². The number of benzene rings is 1. The maximum Gasteiger partial charge on any atom is 0.335 e. The van der Waals surface area contributed by atoms with Gasteiger partial charge >= 0.3 is 5.97 Å². The van der Waals surface area contributed by atoms with Crippen LogP contribution in [0.15, 0.2) is 18.2 Å². The molecule has 1 aromatic rings. The van der Waals surface area contributed by atoms with Crippen LogP contribution in [0.2, 0.25) is 0 Å². The highest BCUT2D eigenvalue weighted by Gasteiger charge is 2.06. The summed E-state index contributed by atoms with van der Waals surface area (Å²) >= 11 is 0. The number of carbonyl (C=O) groups is 1. The van der Waals surface area contributed by atoms with Crippen LogP contribution in [0.3, 0.4) is 0 Å². The standard InChI is InChI=1S/C24H40O3/c1-3-4-5-6-7-8-9-10-11-12-13-14-15-16-19-27-23-18-17-22(24(25)26)20-21(23)2/h17-18,20H,3-16,19H2,1-2H3,(H,25,26). The van der Waals surface area contributed by atoms with Gasteiger partial charge in [-0.05, 0) is 37.1 Å². The minimum atomic E-state index is -0.892. The molecular formula is C24H40O3. The molecular weight excluding hydrogens is 336 g/mol. The van der Waals surface area contributed by atoms with Crippen molar-refractivity contribution in [2.45, 2.75) is 104 Å². The molecule has 3 nitrogen and oxygen atoms in total. The quantitative estimate of drug-likeness (QED) is 0.285. The molecule has 1 aromatic carbocycles. The van der Waals surface area contributed by atoms with Gasteiger partial charge < -0.3 is 9.84 Å². The summed E-state index contributed by atoms with van der Waals surface area (Å²) < 4.78 is 5.79. The summed E-state index contributed by atoms with van der Waals surface area (Å²) in [6.45, 7) is 4.88. The van der Waals surface area contributed by atoms with Gasteiger partial charge in [0.05, 0.1) is 12.2 Å². The molecule has 0 aliphatic carbocycles. The number of hydrogen-bond acceptors (Lipinski definition) is 2. The van der Waals surface area contributed by atoms with Crippen LogP contribution in [0.4, 0.5) is 0 Å². The molecule has 154 valence electrons. The van der Waals surface area contributed by atoms with Gasteiger partial charge in [0.1, 0.15) is 5.75 Å². The molecule has 0 aromatic heterocycles. The first kappa shape index (κ1) is 23.5. The lowest BCUT2D eigenvalue weighted by molar-refractivity contribution is 0.0696. The first-order valence-corrected chi connectivity index (χ1v) is 11.1. The summed E-state index contributed by atoms with van der Waals surface area (Å²) in [6.07, 6.45) is 18.9. The third-order valence-corrected chi connectivity index (χ3v) is 5.18. The Hall–Kier alpha value is -1.51. The Morgan fingerprint density at radius 3 is 1.74 bits per heavy atom. The summed E-state index contributed by atoms with van der Waals surface area (Å²) in [4.78, 5) is 10.9. The van der Waals surface area contributed by atoms with E-state index in [1.54, 1.807) is 18.2 Å². The van der Waals surface area contributed by atoms with Crippen LogP contribution in [0, 0.1) is 6.92 Å². The molecule has 1 N–H and O–H groups in total. The van der Waals surface area contributed by atoms with E-state index in [0.717, 1.165) is 17.7 Å². The van der Waals surface area contributed by atoms with Gasteiger partial charge in [-0.15, -0.1) is 0 Å². The van der Waals surface area contributed by atoms with Crippen LogP contribution < -0.4 is 4.74 Å². The molecule has 0 radical (unpaired) electrons. The first-order valence-electron chi connectivity index (χ1n) is 11.1. The van der Waals surface area contributed by atoms with E-state index >= 15 is 0 Å². The van der Waals surface area contributed by atoms with Crippen LogP contribution in [-0.2, 0) is 0 Å². The summed E-state index contributed by atoms with van der Waals surface area (Å²) in [5.74, 6) is -0.0914. The Morgan fingerprint density at radius 2 is 1.30 bits per heavy atom. The van der Waals surface area contributed by atoms with Crippen molar-refractivity contribution in [1.82, 2.24) is 0 Å². The van der Waals surface area contributed by atoms with Gasteiger partial charge in [0, 0.05) is 0 Å². The highest BCUT2D eigenvalue weighted by Crippen LogP contribution is 2.20. The Morgan fingerprint density at radius 1 is 0.815 bits per heavy atom. The number of ether oxygens (including phenoxy) is 1. The first-order chi connectivity index (χ1) is 13.1. The lowest BCUT2D eigenvalue weighted by Gasteiger charge is -2.09. The molecule has 0 amide bonds. The highest BCUT2D eigenvalue weighted by atomic mass is 16.5. The largest absolute Gasteiger partial charge is 0.493 e. The van der Waals surface area contributed by atoms with Crippen molar-refractivity contribution in [3.8, 4) is 5.75 Å². The molecule has 0 bridgehead atoms. The van der Waals surface area contributed by atoms with E-state index in [9.17, 15) is 4.79 Å². The van der Waals surface area contributed by atoms with E-state index in [1.165, 1.54) is 83.5 Å². The van der Waals surface area contributed by atoms with Gasteiger partial charge in [-0.3, -0.25) is 0 Å². The molecule has 0 aliphatic rings. The van der Waals surface area contributed by atoms with Gasteiger partial charge in [-0.25, -0.2) is 4.79 Å². The Kier molecular flexibility index (Phi) is 13.5.